The number of amides is 1. The summed E-state index contributed by atoms with van der Waals surface area (Å²) < 4.78 is 5.31. The first-order valence-electron chi connectivity index (χ1n) is 9.18. The molecule has 138 valence electrons. The third kappa shape index (κ3) is 4.35. The average Bonchev–Trinajstić information content (AvgIpc) is 2.70. The number of hydrogen-bond acceptors (Lipinski definition) is 4. The molecule has 1 aliphatic rings. The van der Waals surface area contributed by atoms with E-state index in [2.05, 4.69) is 21.9 Å². The van der Waals surface area contributed by atoms with Crippen LogP contribution in [0.3, 0.4) is 0 Å². The van der Waals surface area contributed by atoms with Crippen molar-refractivity contribution in [3.63, 3.8) is 0 Å². The summed E-state index contributed by atoms with van der Waals surface area (Å²) in [6, 6.07) is 18.0. The van der Waals surface area contributed by atoms with Crippen molar-refractivity contribution in [1.82, 2.24) is 4.90 Å². The van der Waals surface area contributed by atoms with Crippen LogP contribution in [0, 0.1) is 0 Å². The van der Waals surface area contributed by atoms with Crippen LogP contribution in [-0.2, 0) is 4.79 Å². The highest BCUT2D eigenvalue weighted by molar-refractivity contribution is 5.94. The summed E-state index contributed by atoms with van der Waals surface area (Å²) in [4.78, 5) is 19.2. The number of anilines is 2. The lowest BCUT2D eigenvalue weighted by molar-refractivity contribution is -0.119. The number of ether oxygens (including phenoxy) is 1. The fourth-order valence-electron chi connectivity index (χ4n) is 3.36. The Labute approximate surface area is 155 Å². The second-order valence-corrected chi connectivity index (χ2v) is 6.44. The van der Waals surface area contributed by atoms with E-state index < -0.39 is 0 Å². The Morgan fingerprint density at radius 1 is 1.04 bits per heavy atom. The van der Waals surface area contributed by atoms with Gasteiger partial charge in [-0.3, -0.25) is 9.69 Å². The van der Waals surface area contributed by atoms with Crippen LogP contribution in [0.4, 0.5) is 11.4 Å². The smallest absolute Gasteiger partial charge is 0.241 e. The predicted molar refractivity (Wildman–Crippen MR) is 106 cm³/mol. The first kappa shape index (κ1) is 18.3. The number of carbonyl (C=O) groups excluding carboxylic acids is 1. The zero-order valence-corrected chi connectivity index (χ0v) is 15.6. The molecule has 0 bridgehead atoms. The predicted octanol–water partition coefficient (Wildman–Crippen LogP) is 2.87. The van der Waals surface area contributed by atoms with Gasteiger partial charge in [-0.1, -0.05) is 24.3 Å². The molecule has 0 atom stereocenters. The van der Waals surface area contributed by atoms with Crippen molar-refractivity contribution in [2.24, 2.45) is 0 Å². The van der Waals surface area contributed by atoms with Crippen molar-refractivity contribution in [3.05, 3.63) is 54.6 Å². The van der Waals surface area contributed by atoms with Crippen LogP contribution in [0.15, 0.2) is 54.6 Å². The van der Waals surface area contributed by atoms with Gasteiger partial charge in [-0.2, -0.15) is 0 Å². The Balaban J connectivity index is 1.55. The highest BCUT2D eigenvalue weighted by Gasteiger charge is 2.22. The zero-order chi connectivity index (χ0) is 18.4. The van der Waals surface area contributed by atoms with Gasteiger partial charge in [-0.25, -0.2) is 0 Å². The molecule has 0 aliphatic carbocycles. The topological polar surface area (TPSA) is 36.0 Å². The molecule has 1 fully saturated rings. The van der Waals surface area contributed by atoms with Gasteiger partial charge in [0.1, 0.15) is 5.75 Å². The van der Waals surface area contributed by atoms with Crippen LogP contribution in [0.25, 0.3) is 0 Å². The van der Waals surface area contributed by atoms with Crippen LogP contribution in [0.1, 0.15) is 6.92 Å². The van der Waals surface area contributed by atoms with Crippen molar-refractivity contribution in [2.45, 2.75) is 6.92 Å². The van der Waals surface area contributed by atoms with Crippen molar-refractivity contribution in [1.29, 1.82) is 0 Å². The number of para-hydroxylation sites is 1. The van der Waals surface area contributed by atoms with Gasteiger partial charge in [-0.15, -0.1) is 0 Å². The van der Waals surface area contributed by atoms with Crippen molar-refractivity contribution >= 4 is 17.3 Å². The lowest BCUT2D eigenvalue weighted by Crippen LogP contribution is -2.50. The molecule has 1 heterocycles. The van der Waals surface area contributed by atoms with Gasteiger partial charge < -0.3 is 14.5 Å². The molecule has 26 heavy (non-hydrogen) atoms. The second-order valence-electron chi connectivity index (χ2n) is 6.44. The van der Waals surface area contributed by atoms with Gasteiger partial charge in [0.2, 0.25) is 5.91 Å². The highest BCUT2D eigenvalue weighted by atomic mass is 16.5. The maximum atomic E-state index is 12.7. The number of methoxy groups -OCH3 is 1. The monoisotopic (exact) mass is 353 g/mol. The third-order valence-electron chi connectivity index (χ3n) is 4.83. The number of hydrogen-bond donors (Lipinski definition) is 0. The molecule has 1 amide bonds. The van der Waals surface area contributed by atoms with Crippen LogP contribution in [0.5, 0.6) is 5.75 Å². The average molecular weight is 353 g/mol. The zero-order valence-electron chi connectivity index (χ0n) is 15.6. The molecular weight excluding hydrogens is 326 g/mol. The molecule has 5 nitrogen and oxygen atoms in total. The molecule has 2 aromatic rings. The highest BCUT2D eigenvalue weighted by Crippen LogP contribution is 2.22. The molecule has 1 aliphatic heterocycles. The first-order valence-corrected chi connectivity index (χ1v) is 9.18. The summed E-state index contributed by atoms with van der Waals surface area (Å²) in [5.74, 6) is 1.04. The normalized spacial score (nSPS) is 14.9. The Bertz CT molecular complexity index is 712. The Hall–Kier alpha value is -2.53. The van der Waals surface area contributed by atoms with Crippen LogP contribution < -0.4 is 14.5 Å². The van der Waals surface area contributed by atoms with Crippen molar-refractivity contribution in [3.8, 4) is 5.75 Å². The van der Waals surface area contributed by atoms with E-state index in [1.807, 2.05) is 54.3 Å². The molecule has 0 saturated carbocycles. The van der Waals surface area contributed by atoms with E-state index >= 15 is 0 Å². The van der Waals surface area contributed by atoms with E-state index in [1.54, 1.807) is 7.11 Å². The van der Waals surface area contributed by atoms with E-state index in [4.69, 9.17) is 4.74 Å². The molecule has 0 aromatic heterocycles. The minimum Gasteiger partial charge on any atom is -0.497 e. The van der Waals surface area contributed by atoms with Crippen molar-refractivity contribution < 1.29 is 9.53 Å². The molecule has 0 spiro atoms. The number of rotatable bonds is 6. The maximum Gasteiger partial charge on any atom is 0.241 e. The summed E-state index contributed by atoms with van der Waals surface area (Å²) in [7, 11) is 1.69. The van der Waals surface area contributed by atoms with Gasteiger partial charge >= 0.3 is 0 Å². The minimum absolute atomic E-state index is 0.161. The summed E-state index contributed by atoms with van der Waals surface area (Å²) in [5, 5.41) is 0. The van der Waals surface area contributed by atoms with Crippen LogP contribution in [0.2, 0.25) is 0 Å². The fourth-order valence-corrected chi connectivity index (χ4v) is 3.36. The molecule has 0 radical (unpaired) electrons. The summed E-state index contributed by atoms with van der Waals surface area (Å²) in [6.45, 7) is 6.77. The Morgan fingerprint density at radius 2 is 1.77 bits per heavy atom. The summed E-state index contributed by atoms with van der Waals surface area (Å²) >= 11 is 0. The van der Waals surface area contributed by atoms with Gasteiger partial charge in [0.15, 0.2) is 0 Å². The number of piperazine rings is 1. The largest absolute Gasteiger partial charge is 0.497 e. The number of nitrogens with zero attached hydrogens (tertiary/aromatic N) is 3. The van der Waals surface area contributed by atoms with Gasteiger partial charge in [0.05, 0.1) is 13.7 Å². The van der Waals surface area contributed by atoms with E-state index in [9.17, 15) is 4.79 Å². The summed E-state index contributed by atoms with van der Waals surface area (Å²) in [6.07, 6.45) is 0. The number of benzene rings is 2. The lowest BCUT2D eigenvalue weighted by Gasteiger charge is -2.36. The molecule has 5 heteroatoms. The maximum absolute atomic E-state index is 12.7. The van der Waals surface area contributed by atoms with E-state index in [1.165, 1.54) is 5.69 Å². The van der Waals surface area contributed by atoms with E-state index in [0.29, 0.717) is 13.1 Å². The molecule has 2 aromatic carbocycles. The van der Waals surface area contributed by atoms with Gasteiger partial charge in [0, 0.05) is 50.2 Å². The van der Waals surface area contributed by atoms with E-state index in [-0.39, 0.29) is 5.91 Å². The quantitative estimate of drug-likeness (QED) is 0.800. The van der Waals surface area contributed by atoms with E-state index in [0.717, 1.165) is 37.6 Å². The standard InChI is InChI=1S/C21H27N3O2/c1-3-24(18-8-5-4-6-9-18)21(25)17-22-12-14-23(15-13-22)19-10-7-11-20(16-19)26-2/h4-11,16H,3,12-15,17H2,1-2H3. The second kappa shape index (κ2) is 8.72. The minimum atomic E-state index is 0.161. The Morgan fingerprint density at radius 3 is 2.42 bits per heavy atom. The third-order valence-corrected chi connectivity index (χ3v) is 4.83. The fraction of sp³-hybridized carbons (Fsp3) is 0.381. The van der Waals surface area contributed by atoms with Crippen LogP contribution >= 0.6 is 0 Å². The SMILES string of the molecule is CCN(C(=O)CN1CCN(c2cccc(OC)c2)CC1)c1ccccc1. The Kier molecular flexibility index (Phi) is 6.12. The molecule has 1 saturated heterocycles. The van der Waals surface area contributed by atoms with Gasteiger partial charge in [-0.05, 0) is 31.2 Å². The molecule has 0 unspecified atom stereocenters. The molecular formula is C21H27N3O2. The van der Waals surface area contributed by atoms with Crippen LogP contribution in [-0.4, -0.2) is 57.2 Å². The van der Waals surface area contributed by atoms with Crippen molar-refractivity contribution in [2.75, 3.05) is 56.2 Å². The lowest BCUT2D eigenvalue weighted by atomic mass is 10.2. The number of likely N-dealkylation sites (N-methyl/N-ethyl adjacent to an activating group) is 1. The molecule has 0 N–H and O–H groups in total. The van der Waals surface area contributed by atoms with Gasteiger partial charge in [0.25, 0.3) is 0 Å². The first-order chi connectivity index (χ1) is 12.7. The molecule has 3 rings (SSSR count). The number of carbonyl (C=O) groups is 1. The summed E-state index contributed by atoms with van der Waals surface area (Å²) in [5.41, 5.74) is 2.14.